The Morgan fingerprint density at radius 1 is 1.22 bits per heavy atom. The third kappa shape index (κ3) is 3.98. The summed E-state index contributed by atoms with van der Waals surface area (Å²) in [6.07, 6.45) is 9.31. The number of carbonyl (C=O) groups is 1. The summed E-state index contributed by atoms with van der Waals surface area (Å²) in [6.45, 7) is 5.40. The molecule has 1 N–H and O–H groups in total. The van der Waals surface area contributed by atoms with E-state index in [-0.39, 0.29) is 0 Å². The van der Waals surface area contributed by atoms with Gasteiger partial charge in [0.25, 0.3) is 0 Å². The van der Waals surface area contributed by atoms with Crippen LogP contribution in [0.25, 0.3) is 0 Å². The molecule has 0 bridgehead atoms. The quantitative estimate of drug-likeness (QED) is 0.834. The van der Waals surface area contributed by atoms with Gasteiger partial charge >= 0.3 is 0 Å². The average Bonchev–Trinajstić information content (AvgIpc) is 2.79. The van der Waals surface area contributed by atoms with E-state index in [1.165, 1.54) is 38.5 Å². The molecule has 2 aliphatic heterocycles. The Labute approximate surface area is 111 Å². The van der Waals surface area contributed by atoms with Gasteiger partial charge in [0.2, 0.25) is 5.91 Å². The molecule has 18 heavy (non-hydrogen) atoms. The summed E-state index contributed by atoms with van der Waals surface area (Å²) in [4.78, 5) is 14.3. The molecule has 0 aromatic carbocycles. The van der Waals surface area contributed by atoms with Crippen LogP contribution in [0.2, 0.25) is 0 Å². The molecule has 104 valence electrons. The fourth-order valence-corrected chi connectivity index (χ4v) is 3.28. The maximum absolute atomic E-state index is 12.2. The van der Waals surface area contributed by atoms with Gasteiger partial charge in [0, 0.05) is 25.6 Å². The monoisotopic (exact) mass is 252 g/mol. The van der Waals surface area contributed by atoms with E-state index in [0.29, 0.717) is 11.9 Å². The molecule has 0 aliphatic carbocycles. The molecule has 0 saturated carbocycles. The normalized spacial score (nSPS) is 29.3. The summed E-state index contributed by atoms with van der Waals surface area (Å²) in [5.74, 6) is 1.24. The highest BCUT2D eigenvalue weighted by Crippen LogP contribution is 2.21. The van der Waals surface area contributed by atoms with Crippen LogP contribution in [0.3, 0.4) is 0 Å². The Morgan fingerprint density at radius 2 is 2.11 bits per heavy atom. The van der Waals surface area contributed by atoms with Crippen molar-refractivity contribution in [3.05, 3.63) is 0 Å². The number of hydrogen-bond donors (Lipinski definition) is 1. The third-order valence-corrected chi connectivity index (χ3v) is 4.65. The molecule has 2 unspecified atom stereocenters. The van der Waals surface area contributed by atoms with Gasteiger partial charge in [-0.25, -0.2) is 0 Å². The first kappa shape index (κ1) is 13.9. The van der Waals surface area contributed by atoms with Gasteiger partial charge in [-0.2, -0.15) is 0 Å². The van der Waals surface area contributed by atoms with Crippen molar-refractivity contribution >= 4 is 5.91 Å². The van der Waals surface area contributed by atoms with Crippen LogP contribution in [0.4, 0.5) is 0 Å². The molecule has 2 heterocycles. The Morgan fingerprint density at radius 3 is 2.83 bits per heavy atom. The Bertz CT molecular complexity index is 261. The zero-order valence-corrected chi connectivity index (χ0v) is 11.8. The number of rotatable bonds is 4. The summed E-state index contributed by atoms with van der Waals surface area (Å²) < 4.78 is 0. The summed E-state index contributed by atoms with van der Waals surface area (Å²) in [5, 5.41) is 3.47. The largest absolute Gasteiger partial charge is 0.343 e. The highest BCUT2D eigenvalue weighted by Gasteiger charge is 2.21. The van der Waals surface area contributed by atoms with Crippen molar-refractivity contribution in [2.45, 2.75) is 64.3 Å². The van der Waals surface area contributed by atoms with Crippen LogP contribution in [0.15, 0.2) is 0 Å². The smallest absolute Gasteiger partial charge is 0.222 e. The van der Waals surface area contributed by atoms with Crippen molar-refractivity contribution in [3.8, 4) is 0 Å². The second-order valence-electron chi connectivity index (χ2n) is 5.92. The van der Waals surface area contributed by atoms with Crippen molar-refractivity contribution in [2.24, 2.45) is 5.92 Å². The summed E-state index contributed by atoms with van der Waals surface area (Å²) in [5.41, 5.74) is 0. The molecule has 2 rings (SSSR count). The zero-order valence-electron chi connectivity index (χ0n) is 11.8. The van der Waals surface area contributed by atoms with Crippen molar-refractivity contribution < 1.29 is 4.79 Å². The Hall–Kier alpha value is -0.570. The maximum Gasteiger partial charge on any atom is 0.222 e. The molecule has 3 heteroatoms. The van der Waals surface area contributed by atoms with Gasteiger partial charge < -0.3 is 10.2 Å². The van der Waals surface area contributed by atoms with E-state index in [1.807, 2.05) is 0 Å². The first-order valence-electron chi connectivity index (χ1n) is 7.80. The van der Waals surface area contributed by atoms with E-state index in [9.17, 15) is 4.79 Å². The van der Waals surface area contributed by atoms with Gasteiger partial charge in [-0.1, -0.05) is 13.3 Å². The molecule has 0 aromatic heterocycles. The van der Waals surface area contributed by atoms with Crippen LogP contribution < -0.4 is 5.32 Å². The molecule has 2 fully saturated rings. The molecule has 2 aliphatic rings. The Kier molecular flexibility index (Phi) is 5.48. The van der Waals surface area contributed by atoms with Crippen LogP contribution in [0, 0.1) is 5.92 Å². The number of amides is 1. The molecule has 0 aromatic rings. The number of nitrogens with one attached hydrogen (secondary N) is 1. The van der Waals surface area contributed by atoms with Gasteiger partial charge in [0.15, 0.2) is 0 Å². The van der Waals surface area contributed by atoms with Gasteiger partial charge in [-0.15, -0.1) is 0 Å². The fraction of sp³-hybridized carbons (Fsp3) is 0.933. The topological polar surface area (TPSA) is 32.3 Å². The van der Waals surface area contributed by atoms with E-state index >= 15 is 0 Å². The first-order chi connectivity index (χ1) is 8.79. The van der Waals surface area contributed by atoms with Gasteiger partial charge in [0.1, 0.15) is 0 Å². The molecule has 0 spiro atoms. The van der Waals surface area contributed by atoms with Crippen molar-refractivity contribution in [2.75, 3.05) is 19.6 Å². The number of carbonyl (C=O) groups excluding carboxylic acids is 1. The van der Waals surface area contributed by atoms with E-state index in [2.05, 4.69) is 17.1 Å². The lowest BCUT2D eigenvalue weighted by molar-refractivity contribution is -0.131. The number of hydrogen-bond acceptors (Lipinski definition) is 2. The van der Waals surface area contributed by atoms with Crippen molar-refractivity contribution in [1.82, 2.24) is 10.2 Å². The minimum absolute atomic E-state index is 0.389. The lowest BCUT2D eigenvalue weighted by Gasteiger charge is -2.21. The van der Waals surface area contributed by atoms with E-state index in [1.54, 1.807) is 0 Å². The highest BCUT2D eigenvalue weighted by molar-refractivity contribution is 5.76. The predicted molar refractivity (Wildman–Crippen MR) is 74.5 cm³/mol. The second kappa shape index (κ2) is 7.13. The van der Waals surface area contributed by atoms with Crippen LogP contribution in [-0.4, -0.2) is 36.5 Å². The lowest BCUT2D eigenvalue weighted by Crippen LogP contribution is -2.33. The SMILES string of the molecule is CCC1CCCN(C(=O)CCC2CCCN2)CC1. The van der Waals surface area contributed by atoms with Gasteiger partial charge in [-0.3, -0.25) is 4.79 Å². The fourth-order valence-electron chi connectivity index (χ4n) is 3.28. The van der Waals surface area contributed by atoms with E-state index < -0.39 is 0 Å². The van der Waals surface area contributed by atoms with Gasteiger partial charge in [0.05, 0.1) is 0 Å². The van der Waals surface area contributed by atoms with Crippen LogP contribution >= 0.6 is 0 Å². The molecular formula is C15H28N2O. The van der Waals surface area contributed by atoms with E-state index in [4.69, 9.17) is 0 Å². The minimum Gasteiger partial charge on any atom is -0.343 e. The molecule has 2 saturated heterocycles. The van der Waals surface area contributed by atoms with Crippen LogP contribution in [-0.2, 0) is 4.79 Å². The molecule has 3 nitrogen and oxygen atoms in total. The summed E-state index contributed by atoms with van der Waals surface area (Å²) in [6, 6.07) is 0.601. The van der Waals surface area contributed by atoms with E-state index in [0.717, 1.165) is 38.4 Å². The molecular weight excluding hydrogens is 224 g/mol. The molecule has 0 radical (unpaired) electrons. The minimum atomic E-state index is 0.389. The number of likely N-dealkylation sites (tertiary alicyclic amines) is 1. The standard InChI is InChI=1S/C15H28N2O/c1-2-13-5-4-11-17(12-9-13)15(18)8-7-14-6-3-10-16-14/h13-14,16H,2-12H2,1H3. The number of nitrogens with zero attached hydrogens (tertiary/aromatic N) is 1. The maximum atomic E-state index is 12.2. The van der Waals surface area contributed by atoms with Gasteiger partial charge in [-0.05, 0) is 51.0 Å². The third-order valence-electron chi connectivity index (χ3n) is 4.65. The van der Waals surface area contributed by atoms with Crippen LogP contribution in [0.5, 0.6) is 0 Å². The summed E-state index contributed by atoms with van der Waals surface area (Å²) >= 11 is 0. The van der Waals surface area contributed by atoms with Crippen LogP contribution in [0.1, 0.15) is 58.3 Å². The first-order valence-corrected chi connectivity index (χ1v) is 7.80. The molecule has 1 amide bonds. The lowest BCUT2D eigenvalue weighted by atomic mass is 9.98. The highest BCUT2D eigenvalue weighted by atomic mass is 16.2. The predicted octanol–water partition coefficient (Wildman–Crippen LogP) is 2.56. The zero-order chi connectivity index (χ0) is 12.8. The average molecular weight is 252 g/mol. The van der Waals surface area contributed by atoms with Crippen molar-refractivity contribution in [1.29, 1.82) is 0 Å². The molecule has 2 atom stereocenters. The Balaban J connectivity index is 1.70. The second-order valence-corrected chi connectivity index (χ2v) is 5.92. The van der Waals surface area contributed by atoms with Crippen molar-refractivity contribution in [3.63, 3.8) is 0 Å². The summed E-state index contributed by atoms with van der Waals surface area (Å²) in [7, 11) is 0.